The number of imide groups is 1. The lowest BCUT2D eigenvalue weighted by molar-refractivity contribution is -0.145. The number of likely N-dealkylation sites (tertiary alicyclic amines) is 2. The van der Waals surface area contributed by atoms with Crippen LogP contribution < -0.4 is 0 Å². The van der Waals surface area contributed by atoms with Crippen molar-refractivity contribution >= 4 is 17.7 Å². The molecule has 0 saturated carbocycles. The molecule has 2 unspecified atom stereocenters. The second-order valence-electron chi connectivity index (χ2n) is 6.61. The van der Waals surface area contributed by atoms with Gasteiger partial charge < -0.3 is 4.90 Å². The van der Waals surface area contributed by atoms with Gasteiger partial charge in [-0.1, -0.05) is 12.2 Å². The second kappa shape index (κ2) is 5.51. The number of aryl methyl sites for hydroxylation is 1. The van der Waals surface area contributed by atoms with E-state index in [1.165, 1.54) is 11.1 Å². The maximum absolute atomic E-state index is 12.5. The van der Waals surface area contributed by atoms with E-state index in [0.717, 1.165) is 5.69 Å². The Morgan fingerprint density at radius 3 is 2.21 bits per heavy atom. The molecule has 2 saturated heterocycles. The van der Waals surface area contributed by atoms with Crippen LogP contribution in [0.15, 0.2) is 24.5 Å². The minimum atomic E-state index is -0.213. The first kappa shape index (κ1) is 15.0. The Morgan fingerprint density at radius 2 is 1.67 bits per heavy atom. The summed E-state index contributed by atoms with van der Waals surface area (Å²) in [4.78, 5) is 48.5. The van der Waals surface area contributed by atoms with Crippen LogP contribution in [0.2, 0.25) is 0 Å². The van der Waals surface area contributed by atoms with Crippen molar-refractivity contribution in [1.29, 1.82) is 0 Å². The third-order valence-electron chi connectivity index (χ3n) is 5.06. The molecule has 1 aromatic rings. The SMILES string of the molecule is Cc1cnc(C(=O)N2CC(N3C(=O)C4CC=CCC4C3=O)C2)cn1. The number of hydrogen-bond acceptors (Lipinski definition) is 5. The molecule has 7 heteroatoms. The number of amides is 3. The van der Waals surface area contributed by atoms with Crippen LogP contribution in [0.1, 0.15) is 29.0 Å². The van der Waals surface area contributed by atoms with E-state index >= 15 is 0 Å². The summed E-state index contributed by atoms with van der Waals surface area (Å²) in [6.07, 6.45) is 8.23. The molecule has 1 aromatic heterocycles. The molecule has 2 atom stereocenters. The van der Waals surface area contributed by atoms with Gasteiger partial charge in [0.05, 0.1) is 29.8 Å². The Balaban J connectivity index is 1.42. The number of carbonyl (C=O) groups excluding carboxylic acids is 3. The van der Waals surface area contributed by atoms with Gasteiger partial charge in [-0.05, 0) is 19.8 Å². The van der Waals surface area contributed by atoms with E-state index in [-0.39, 0.29) is 41.3 Å². The van der Waals surface area contributed by atoms with Gasteiger partial charge in [0, 0.05) is 19.3 Å². The lowest BCUT2D eigenvalue weighted by Gasteiger charge is -2.42. The molecule has 124 valence electrons. The predicted octanol–water partition coefficient (Wildman–Crippen LogP) is 0.561. The highest BCUT2D eigenvalue weighted by Crippen LogP contribution is 2.37. The van der Waals surface area contributed by atoms with Crippen LogP contribution in [0.4, 0.5) is 0 Å². The first-order valence-corrected chi connectivity index (χ1v) is 8.16. The maximum Gasteiger partial charge on any atom is 0.274 e. The van der Waals surface area contributed by atoms with Crippen molar-refractivity contribution in [2.24, 2.45) is 11.8 Å². The highest BCUT2D eigenvalue weighted by molar-refractivity contribution is 6.06. The smallest absolute Gasteiger partial charge is 0.274 e. The standard InChI is InChI=1S/C17H18N4O3/c1-10-6-19-14(7-18-10)17(24)20-8-11(9-20)21-15(22)12-4-2-3-5-13(12)16(21)23/h2-3,6-7,11-13H,4-5,8-9H2,1H3. The molecule has 0 aromatic carbocycles. The Labute approximate surface area is 139 Å². The molecule has 3 heterocycles. The summed E-state index contributed by atoms with van der Waals surface area (Å²) in [6.45, 7) is 2.55. The van der Waals surface area contributed by atoms with Crippen molar-refractivity contribution in [3.63, 3.8) is 0 Å². The normalized spacial score (nSPS) is 26.5. The van der Waals surface area contributed by atoms with Crippen LogP contribution in [0.25, 0.3) is 0 Å². The van der Waals surface area contributed by atoms with Gasteiger partial charge >= 0.3 is 0 Å². The molecule has 2 fully saturated rings. The number of allylic oxidation sites excluding steroid dienone is 2. The van der Waals surface area contributed by atoms with Crippen LogP contribution in [0.3, 0.4) is 0 Å². The highest BCUT2D eigenvalue weighted by Gasteiger charge is 2.52. The maximum atomic E-state index is 12.5. The van der Waals surface area contributed by atoms with Crippen molar-refractivity contribution in [1.82, 2.24) is 19.8 Å². The van der Waals surface area contributed by atoms with Crippen molar-refractivity contribution in [2.45, 2.75) is 25.8 Å². The summed E-state index contributed by atoms with van der Waals surface area (Å²) < 4.78 is 0. The monoisotopic (exact) mass is 326 g/mol. The number of fused-ring (bicyclic) bond motifs is 1. The molecule has 7 nitrogen and oxygen atoms in total. The van der Waals surface area contributed by atoms with E-state index < -0.39 is 0 Å². The molecule has 0 N–H and O–H groups in total. The van der Waals surface area contributed by atoms with Crippen molar-refractivity contribution < 1.29 is 14.4 Å². The summed E-state index contributed by atoms with van der Waals surface area (Å²) in [5.41, 5.74) is 1.04. The van der Waals surface area contributed by atoms with Gasteiger partial charge in [-0.2, -0.15) is 0 Å². The second-order valence-corrected chi connectivity index (χ2v) is 6.61. The third-order valence-corrected chi connectivity index (χ3v) is 5.06. The van der Waals surface area contributed by atoms with E-state index in [9.17, 15) is 14.4 Å². The van der Waals surface area contributed by atoms with Crippen LogP contribution in [-0.2, 0) is 9.59 Å². The van der Waals surface area contributed by atoms with Crippen molar-refractivity contribution in [2.75, 3.05) is 13.1 Å². The fourth-order valence-electron chi connectivity index (χ4n) is 3.64. The van der Waals surface area contributed by atoms with Gasteiger partial charge in [0.15, 0.2) is 0 Å². The summed E-state index contributed by atoms with van der Waals surface area (Å²) in [7, 11) is 0. The first-order valence-electron chi connectivity index (χ1n) is 8.16. The fourth-order valence-corrected chi connectivity index (χ4v) is 3.64. The van der Waals surface area contributed by atoms with E-state index in [1.807, 2.05) is 12.2 Å². The number of hydrogen-bond donors (Lipinski definition) is 0. The minimum Gasteiger partial charge on any atom is -0.333 e. The summed E-state index contributed by atoms with van der Waals surface area (Å²) in [6, 6.07) is -0.210. The average molecular weight is 326 g/mol. The fraction of sp³-hybridized carbons (Fsp3) is 0.471. The van der Waals surface area contributed by atoms with E-state index in [1.54, 1.807) is 18.0 Å². The van der Waals surface area contributed by atoms with Crippen LogP contribution in [0, 0.1) is 18.8 Å². The quantitative estimate of drug-likeness (QED) is 0.586. The number of carbonyl (C=O) groups is 3. The molecular weight excluding hydrogens is 308 g/mol. The molecule has 1 aliphatic carbocycles. The zero-order chi connectivity index (χ0) is 16.8. The van der Waals surface area contributed by atoms with Gasteiger partial charge in [0.1, 0.15) is 5.69 Å². The van der Waals surface area contributed by atoms with Gasteiger partial charge in [-0.3, -0.25) is 24.3 Å². The molecule has 2 aliphatic heterocycles. The van der Waals surface area contributed by atoms with Crippen LogP contribution in [0.5, 0.6) is 0 Å². The molecule has 24 heavy (non-hydrogen) atoms. The van der Waals surface area contributed by atoms with Crippen molar-refractivity contribution in [3.05, 3.63) is 35.9 Å². The Hall–Kier alpha value is -2.57. The first-order chi connectivity index (χ1) is 11.6. The van der Waals surface area contributed by atoms with Crippen molar-refractivity contribution in [3.8, 4) is 0 Å². The van der Waals surface area contributed by atoms with Gasteiger partial charge in [0.25, 0.3) is 5.91 Å². The molecule has 0 radical (unpaired) electrons. The van der Waals surface area contributed by atoms with Gasteiger partial charge in [-0.15, -0.1) is 0 Å². The lowest BCUT2D eigenvalue weighted by atomic mass is 9.85. The zero-order valence-corrected chi connectivity index (χ0v) is 13.4. The zero-order valence-electron chi connectivity index (χ0n) is 13.4. The molecule has 0 spiro atoms. The largest absolute Gasteiger partial charge is 0.333 e. The number of rotatable bonds is 2. The minimum absolute atomic E-state index is 0.0819. The Kier molecular flexibility index (Phi) is 3.44. The number of aromatic nitrogens is 2. The highest BCUT2D eigenvalue weighted by atomic mass is 16.2. The topological polar surface area (TPSA) is 83.5 Å². The molecular formula is C17H18N4O3. The lowest BCUT2D eigenvalue weighted by Crippen LogP contribution is -2.62. The number of nitrogens with zero attached hydrogens (tertiary/aromatic N) is 4. The molecule has 4 rings (SSSR count). The summed E-state index contributed by atoms with van der Waals surface area (Å²) >= 11 is 0. The average Bonchev–Trinajstić information content (AvgIpc) is 2.80. The van der Waals surface area contributed by atoms with Gasteiger partial charge in [-0.25, -0.2) is 4.98 Å². The van der Waals surface area contributed by atoms with E-state index in [4.69, 9.17) is 0 Å². The Bertz CT molecular complexity index is 711. The molecule has 3 aliphatic rings. The predicted molar refractivity (Wildman–Crippen MR) is 83.7 cm³/mol. The summed E-state index contributed by atoms with van der Waals surface area (Å²) in [5.74, 6) is -0.800. The molecule has 3 amide bonds. The van der Waals surface area contributed by atoms with Gasteiger partial charge in [0.2, 0.25) is 11.8 Å². The van der Waals surface area contributed by atoms with Crippen LogP contribution >= 0.6 is 0 Å². The van der Waals surface area contributed by atoms with Crippen LogP contribution in [-0.4, -0.2) is 56.6 Å². The third kappa shape index (κ3) is 2.23. The Morgan fingerprint density at radius 1 is 1.04 bits per heavy atom. The van der Waals surface area contributed by atoms with E-state index in [2.05, 4.69) is 9.97 Å². The van der Waals surface area contributed by atoms with E-state index in [0.29, 0.717) is 25.9 Å². The molecule has 0 bridgehead atoms. The summed E-state index contributed by atoms with van der Waals surface area (Å²) in [5, 5.41) is 0.